The molecule has 8 heteroatoms. The maximum Gasteiger partial charge on any atom is 0.333 e. The highest BCUT2D eigenvalue weighted by Crippen LogP contribution is 2.33. The Labute approximate surface area is 173 Å². The molecule has 4 heterocycles. The van der Waals surface area contributed by atoms with Gasteiger partial charge in [-0.3, -0.25) is 9.78 Å². The van der Waals surface area contributed by atoms with Crippen molar-refractivity contribution in [2.45, 2.75) is 6.92 Å². The molecular formula is C21H13ClN4O2S. The van der Waals surface area contributed by atoms with E-state index in [9.17, 15) is 9.59 Å². The van der Waals surface area contributed by atoms with Gasteiger partial charge in [-0.2, -0.15) is 0 Å². The minimum absolute atomic E-state index is 0.377. The Bertz CT molecular complexity index is 1530. The molecule has 0 amide bonds. The summed E-state index contributed by atoms with van der Waals surface area (Å²) < 4.78 is 1.60. The quantitative estimate of drug-likeness (QED) is 0.431. The van der Waals surface area contributed by atoms with Crippen molar-refractivity contribution in [3.63, 3.8) is 0 Å². The molecule has 0 unspecified atom stereocenters. The fraction of sp³-hybridized carbons (Fsp3) is 0.0476. The molecule has 0 saturated carbocycles. The van der Waals surface area contributed by atoms with Gasteiger partial charge < -0.3 is 4.98 Å². The van der Waals surface area contributed by atoms with Crippen molar-refractivity contribution in [1.29, 1.82) is 0 Å². The number of aromatic nitrogens is 4. The second kappa shape index (κ2) is 6.65. The van der Waals surface area contributed by atoms with Gasteiger partial charge in [0.25, 0.3) is 5.56 Å². The van der Waals surface area contributed by atoms with E-state index in [1.54, 1.807) is 24.5 Å². The number of rotatable bonds is 2. The van der Waals surface area contributed by atoms with E-state index in [2.05, 4.69) is 15.0 Å². The molecule has 0 saturated heterocycles. The monoisotopic (exact) mass is 420 g/mol. The Morgan fingerprint density at radius 1 is 1.10 bits per heavy atom. The lowest BCUT2D eigenvalue weighted by Gasteiger charge is -2.07. The zero-order chi connectivity index (χ0) is 20.1. The average Bonchev–Trinajstić information content (AvgIpc) is 3.12. The summed E-state index contributed by atoms with van der Waals surface area (Å²) in [6.45, 7) is 1.93. The summed E-state index contributed by atoms with van der Waals surface area (Å²) in [6, 6.07) is 11.1. The van der Waals surface area contributed by atoms with Crippen molar-refractivity contribution in [2.24, 2.45) is 0 Å². The van der Waals surface area contributed by atoms with Crippen LogP contribution in [0.15, 0.2) is 64.6 Å². The van der Waals surface area contributed by atoms with Gasteiger partial charge in [-0.1, -0.05) is 35.9 Å². The van der Waals surface area contributed by atoms with Crippen LogP contribution in [-0.4, -0.2) is 19.5 Å². The smallest absolute Gasteiger partial charge is 0.306 e. The van der Waals surface area contributed by atoms with E-state index in [1.807, 2.05) is 31.2 Å². The number of halogens is 1. The molecule has 0 spiro atoms. The van der Waals surface area contributed by atoms with Gasteiger partial charge in [-0.15, -0.1) is 11.3 Å². The number of fused-ring (bicyclic) bond motifs is 2. The van der Waals surface area contributed by atoms with Crippen LogP contribution in [-0.2, 0) is 0 Å². The molecule has 5 aromatic rings. The summed E-state index contributed by atoms with van der Waals surface area (Å²) in [4.78, 5) is 38.1. The van der Waals surface area contributed by atoms with Gasteiger partial charge in [0.05, 0.1) is 17.4 Å². The molecule has 6 nitrogen and oxygen atoms in total. The minimum Gasteiger partial charge on any atom is -0.306 e. The van der Waals surface area contributed by atoms with Gasteiger partial charge in [0.15, 0.2) is 0 Å². The first kappa shape index (κ1) is 17.8. The number of thiophene rings is 1. The molecule has 0 atom stereocenters. The number of aromatic amines is 1. The van der Waals surface area contributed by atoms with E-state index >= 15 is 0 Å². The third kappa shape index (κ3) is 2.86. The number of nitrogens with one attached hydrogen (secondary N) is 1. The third-order valence-electron chi connectivity index (χ3n) is 4.81. The van der Waals surface area contributed by atoms with Gasteiger partial charge >= 0.3 is 5.69 Å². The third-order valence-corrected chi connectivity index (χ3v) is 6.17. The Morgan fingerprint density at radius 3 is 2.76 bits per heavy atom. The van der Waals surface area contributed by atoms with Crippen LogP contribution in [0.1, 0.15) is 5.56 Å². The maximum absolute atomic E-state index is 13.3. The minimum atomic E-state index is -0.504. The van der Waals surface area contributed by atoms with Crippen molar-refractivity contribution in [3.8, 4) is 16.1 Å². The zero-order valence-corrected chi connectivity index (χ0v) is 16.7. The van der Waals surface area contributed by atoms with Crippen molar-refractivity contribution in [2.75, 3.05) is 0 Å². The lowest BCUT2D eigenvalue weighted by atomic mass is 10.1. The van der Waals surface area contributed by atoms with Crippen molar-refractivity contribution >= 4 is 43.9 Å². The molecule has 5 rings (SSSR count). The highest BCUT2D eigenvalue weighted by molar-refractivity contribution is 7.22. The molecule has 4 aromatic heterocycles. The normalized spacial score (nSPS) is 11.4. The molecule has 1 N–H and O–H groups in total. The van der Waals surface area contributed by atoms with Gasteiger partial charge in [-0.05, 0) is 24.6 Å². The fourth-order valence-corrected chi connectivity index (χ4v) is 4.75. The summed E-state index contributed by atoms with van der Waals surface area (Å²) in [5.41, 5.74) is 1.88. The lowest BCUT2D eigenvalue weighted by Crippen LogP contribution is -2.33. The molecule has 0 bridgehead atoms. The van der Waals surface area contributed by atoms with Gasteiger partial charge in [-0.25, -0.2) is 14.3 Å². The molecule has 0 aliphatic rings. The number of nitrogens with zero attached hydrogens (tertiary/aromatic N) is 3. The number of hydrogen-bond acceptors (Lipinski definition) is 5. The van der Waals surface area contributed by atoms with E-state index in [1.165, 1.54) is 17.5 Å². The predicted octanol–water partition coefficient (Wildman–Crippen LogP) is 4.31. The highest BCUT2D eigenvalue weighted by Gasteiger charge is 2.16. The maximum atomic E-state index is 13.3. The van der Waals surface area contributed by atoms with Crippen LogP contribution in [0.5, 0.6) is 0 Å². The standard InChI is InChI=1S/C21H13ClN4O2S/c1-11-6-18(22)24-9-14(11)17-7-15-19(29-17)20(27)26(21(28)25-15)16-10-23-8-12-4-2-3-5-13(12)16/h2-10H,1H3,(H,25,28). The number of benzene rings is 1. The summed E-state index contributed by atoms with van der Waals surface area (Å²) in [5, 5.41) is 2.04. The lowest BCUT2D eigenvalue weighted by molar-refractivity contribution is 0.905. The SMILES string of the molecule is Cc1cc(Cl)ncc1-c1cc2[nH]c(=O)n(-c3cncc4ccccc34)c(=O)c2s1. The van der Waals surface area contributed by atoms with Crippen molar-refractivity contribution in [3.05, 3.63) is 86.5 Å². The average molecular weight is 421 g/mol. The molecule has 0 aliphatic carbocycles. The van der Waals surface area contributed by atoms with E-state index < -0.39 is 5.69 Å². The molecule has 0 fully saturated rings. The van der Waals surface area contributed by atoms with Crippen LogP contribution >= 0.6 is 22.9 Å². The van der Waals surface area contributed by atoms with Crippen LogP contribution in [0.2, 0.25) is 5.15 Å². The van der Waals surface area contributed by atoms with E-state index in [0.29, 0.717) is 21.1 Å². The highest BCUT2D eigenvalue weighted by atomic mass is 35.5. The predicted molar refractivity (Wildman–Crippen MR) is 116 cm³/mol. The summed E-state index contributed by atoms with van der Waals surface area (Å²) >= 11 is 7.26. The zero-order valence-electron chi connectivity index (χ0n) is 15.1. The van der Waals surface area contributed by atoms with Crippen molar-refractivity contribution in [1.82, 2.24) is 19.5 Å². The molecule has 29 heavy (non-hydrogen) atoms. The summed E-state index contributed by atoms with van der Waals surface area (Å²) in [5.74, 6) is 0. The number of pyridine rings is 2. The molecule has 142 valence electrons. The summed E-state index contributed by atoms with van der Waals surface area (Å²) in [6.07, 6.45) is 4.91. The van der Waals surface area contributed by atoms with E-state index in [0.717, 1.165) is 31.3 Å². The second-order valence-corrected chi connectivity index (χ2v) is 8.07. The van der Waals surface area contributed by atoms with Crippen LogP contribution in [0.3, 0.4) is 0 Å². The number of hydrogen-bond donors (Lipinski definition) is 1. The van der Waals surface area contributed by atoms with Crippen LogP contribution in [0.25, 0.3) is 37.1 Å². The molecule has 1 aromatic carbocycles. The van der Waals surface area contributed by atoms with Crippen molar-refractivity contribution < 1.29 is 0 Å². The van der Waals surface area contributed by atoms with Crippen LogP contribution in [0.4, 0.5) is 0 Å². The first-order valence-corrected chi connectivity index (χ1v) is 9.97. The Hall–Kier alpha value is -3.29. The molecule has 0 radical (unpaired) electrons. The van der Waals surface area contributed by atoms with Crippen LogP contribution < -0.4 is 11.2 Å². The second-order valence-electron chi connectivity index (χ2n) is 6.63. The first-order chi connectivity index (χ1) is 14.0. The summed E-state index contributed by atoms with van der Waals surface area (Å²) in [7, 11) is 0. The number of H-pyrrole nitrogens is 1. The largest absolute Gasteiger partial charge is 0.333 e. The van der Waals surface area contributed by atoms with Crippen LogP contribution in [0, 0.1) is 6.92 Å². The Kier molecular flexibility index (Phi) is 4.08. The fourth-order valence-electron chi connectivity index (χ4n) is 3.42. The molecular weight excluding hydrogens is 408 g/mol. The van der Waals surface area contributed by atoms with Gasteiger partial charge in [0, 0.05) is 33.6 Å². The van der Waals surface area contributed by atoms with E-state index in [-0.39, 0.29) is 5.56 Å². The number of aryl methyl sites for hydroxylation is 1. The Morgan fingerprint density at radius 2 is 1.93 bits per heavy atom. The molecule has 0 aliphatic heterocycles. The van der Waals surface area contributed by atoms with E-state index in [4.69, 9.17) is 11.6 Å². The van der Waals surface area contributed by atoms with Gasteiger partial charge in [0.1, 0.15) is 9.85 Å². The first-order valence-electron chi connectivity index (χ1n) is 8.77. The van der Waals surface area contributed by atoms with Gasteiger partial charge in [0.2, 0.25) is 0 Å². The topological polar surface area (TPSA) is 80.6 Å². The Balaban J connectivity index is 1.79.